The van der Waals surface area contributed by atoms with Crippen molar-refractivity contribution in [1.29, 1.82) is 0 Å². The van der Waals surface area contributed by atoms with Crippen LogP contribution in [0.15, 0.2) is 28.7 Å². The molecule has 2 rings (SSSR count). The lowest BCUT2D eigenvalue weighted by Crippen LogP contribution is -1.82. The van der Waals surface area contributed by atoms with Crippen LogP contribution >= 0.6 is 0 Å². The SMILES string of the molecule is O=[N+]([O-])c1cc2cc(O)ccc2o1. The van der Waals surface area contributed by atoms with Gasteiger partial charge in [-0.3, -0.25) is 10.1 Å². The van der Waals surface area contributed by atoms with Crippen LogP contribution in [-0.2, 0) is 0 Å². The number of phenols is 1. The predicted molar refractivity (Wildman–Crippen MR) is 44.5 cm³/mol. The lowest BCUT2D eigenvalue weighted by Gasteiger charge is -1.87. The third-order valence-corrected chi connectivity index (χ3v) is 1.67. The van der Waals surface area contributed by atoms with Gasteiger partial charge in [-0.05, 0) is 18.2 Å². The van der Waals surface area contributed by atoms with Crippen molar-refractivity contribution < 1.29 is 14.4 Å². The van der Waals surface area contributed by atoms with E-state index >= 15 is 0 Å². The van der Waals surface area contributed by atoms with E-state index in [0.717, 1.165) is 0 Å². The summed E-state index contributed by atoms with van der Waals surface area (Å²) < 4.78 is 4.87. The summed E-state index contributed by atoms with van der Waals surface area (Å²) >= 11 is 0. The van der Waals surface area contributed by atoms with Crippen LogP contribution in [0, 0.1) is 10.1 Å². The summed E-state index contributed by atoms with van der Waals surface area (Å²) in [6.07, 6.45) is 0. The van der Waals surface area contributed by atoms with Gasteiger partial charge in [-0.1, -0.05) is 0 Å². The number of nitro groups is 1. The molecular formula is C8H5NO4. The van der Waals surface area contributed by atoms with Gasteiger partial charge < -0.3 is 9.52 Å². The van der Waals surface area contributed by atoms with Crippen LogP contribution in [0.2, 0.25) is 0 Å². The second-order valence-corrected chi connectivity index (χ2v) is 2.56. The molecule has 66 valence electrons. The molecule has 0 spiro atoms. The Morgan fingerprint density at radius 3 is 2.85 bits per heavy atom. The molecule has 5 nitrogen and oxygen atoms in total. The van der Waals surface area contributed by atoms with Gasteiger partial charge in [0.15, 0.2) is 0 Å². The van der Waals surface area contributed by atoms with Crippen LogP contribution in [0.25, 0.3) is 11.0 Å². The summed E-state index contributed by atoms with van der Waals surface area (Å²) in [6.45, 7) is 0. The van der Waals surface area contributed by atoms with Crippen molar-refractivity contribution in [2.45, 2.75) is 0 Å². The molecule has 1 N–H and O–H groups in total. The molecule has 13 heavy (non-hydrogen) atoms. The minimum absolute atomic E-state index is 0.0585. The van der Waals surface area contributed by atoms with Crippen molar-refractivity contribution in [3.05, 3.63) is 34.4 Å². The molecule has 0 aliphatic carbocycles. The highest BCUT2D eigenvalue weighted by molar-refractivity contribution is 5.80. The molecule has 0 saturated heterocycles. The highest BCUT2D eigenvalue weighted by Gasteiger charge is 2.12. The quantitative estimate of drug-likeness (QED) is 0.536. The number of hydrogen-bond acceptors (Lipinski definition) is 4. The maximum atomic E-state index is 10.3. The van der Waals surface area contributed by atoms with Crippen molar-refractivity contribution >= 4 is 16.9 Å². The summed E-state index contributed by atoms with van der Waals surface area (Å²) in [5.74, 6) is -0.260. The van der Waals surface area contributed by atoms with E-state index in [-0.39, 0.29) is 11.6 Å². The van der Waals surface area contributed by atoms with Crippen molar-refractivity contribution in [1.82, 2.24) is 0 Å². The molecule has 0 radical (unpaired) electrons. The number of rotatable bonds is 1. The van der Waals surface area contributed by atoms with Gasteiger partial charge in [-0.2, -0.15) is 0 Å². The summed E-state index contributed by atoms with van der Waals surface area (Å²) in [7, 11) is 0. The van der Waals surface area contributed by atoms with Gasteiger partial charge in [0.2, 0.25) is 0 Å². The Kier molecular flexibility index (Phi) is 1.45. The first kappa shape index (κ1) is 7.60. The Hall–Kier alpha value is -2.04. The van der Waals surface area contributed by atoms with E-state index < -0.39 is 4.92 Å². The highest BCUT2D eigenvalue weighted by Crippen LogP contribution is 2.27. The Morgan fingerprint density at radius 1 is 1.38 bits per heavy atom. The van der Waals surface area contributed by atoms with Gasteiger partial charge in [0.1, 0.15) is 16.3 Å². The Balaban J connectivity index is 2.68. The average molecular weight is 179 g/mol. The van der Waals surface area contributed by atoms with Crippen LogP contribution in [0.3, 0.4) is 0 Å². The lowest BCUT2D eigenvalue weighted by molar-refractivity contribution is -0.401. The monoisotopic (exact) mass is 179 g/mol. The summed E-state index contributed by atoms with van der Waals surface area (Å²) in [5.41, 5.74) is 0.393. The third-order valence-electron chi connectivity index (χ3n) is 1.67. The molecule has 0 aliphatic rings. The van der Waals surface area contributed by atoms with Crippen LogP contribution in [0.4, 0.5) is 5.88 Å². The van der Waals surface area contributed by atoms with Crippen molar-refractivity contribution in [2.24, 2.45) is 0 Å². The minimum atomic E-state index is -0.614. The molecule has 5 heteroatoms. The van der Waals surface area contributed by atoms with Gasteiger partial charge in [-0.25, -0.2) is 0 Å². The molecule has 1 aromatic carbocycles. The highest BCUT2D eigenvalue weighted by atomic mass is 16.6. The van der Waals surface area contributed by atoms with E-state index in [4.69, 9.17) is 9.52 Å². The molecule has 0 aliphatic heterocycles. The maximum absolute atomic E-state index is 10.3. The minimum Gasteiger partial charge on any atom is -0.508 e. The number of nitrogens with zero attached hydrogens (tertiary/aromatic N) is 1. The molecule has 0 atom stereocenters. The number of fused-ring (bicyclic) bond motifs is 1. The Morgan fingerprint density at radius 2 is 2.15 bits per heavy atom. The molecular weight excluding hydrogens is 174 g/mol. The predicted octanol–water partition coefficient (Wildman–Crippen LogP) is 2.05. The topological polar surface area (TPSA) is 76.5 Å². The van der Waals surface area contributed by atoms with E-state index in [1.807, 2.05) is 0 Å². The number of hydrogen-bond donors (Lipinski definition) is 1. The first-order valence-corrected chi connectivity index (χ1v) is 3.54. The molecule has 1 aromatic heterocycles. The Labute approximate surface area is 72.4 Å². The zero-order chi connectivity index (χ0) is 9.42. The third kappa shape index (κ3) is 1.20. The second-order valence-electron chi connectivity index (χ2n) is 2.56. The molecule has 2 aromatic rings. The zero-order valence-corrected chi connectivity index (χ0v) is 6.43. The van der Waals surface area contributed by atoms with Gasteiger partial charge in [0.25, 0.3) is 0 Å². The van der Waals surface area contributed by atoms with E-state index in [1.165, 1.54) is 24.3 Å². The fourth-order valence-corrected chi connectivity index (χ4v) is 1.11. The van der Waals surface area contributed by atoms with Crippen LogP contribution in [0.5, 0.6) is 5.75 Å². The van der Waals surface area contributed by atoms with Gasteiger partial charge in [0, 0.05) is 5.39 Å². The van der Waals surface area contributed by atoms with E-state index in [1.54, 1.807) is 0 Å². The first-order valence-electron chi connectivity index (χ1n) is 3.54. The van der Waals surface area contributed by atoms with E-state index in [2.05, 4.69) is 0 Å². The largest absolute Gasteiger partial charge is 0.508 e. The van der Waals surface area contributed by atoms with Crippen molar-refractivity contribution in [3.63, 3.8) is 0 Å². The number of phenolic OH excluding ortho intramolecular Hbond substituents is 1. The smallest absolute Gasteiger partial charge is 0.434 e. The van der Waals surface area contributed by atoms with Gasteiger partial charge >= 0.3 is 5.88 Å². The summed E-state index contributed by atoms with van der Waals surface area (Å²) in [4.78, 5) is 9.69. The van der Waals surface area contributed by atoms with Crippen molar-refractivity contribution in [2.75, 3.05) is 0 Å². The fraction of sp³-hybridized carbons (Fsp3) is 0. The van der Waals surface area contributed by atoms with Crippen LogP contribution in [-0.4, -0.2) is 10.0 Å². The molecule has 0 fully saturated rings. The van der Waals surface area contributed by atoms with E-state index in [9.17, 15) is 10.1 Å². The maximum Gasteiger partial charge on any atom is 0.434 e. The standard InChI is InChI=1S/C8H5NO4/c10-6-1-2-7-5(3-6)4-8(13-7)9(11)12/h1-4,10H. The number of aromatic hydroxyl groups is 1. The molecule has 0 unspecified atom stereocenters. The summed E-state index contributed by atoms with van der Waals surface area (Å²) in [6, 6.07) is 5.58. The first-order chi connectivity index (χ1) is 6.16. The number of benzene rings is 1. The molecule has 1 heterocycles. The van der Waals surface area contributed by atoms with Crippen LogP contribution in [0.1, 0.15) is 0 Å². The van der Waals surface area contributed by atoms with E-state index in [0.29, 0.717) is 11.0 Å². The second kappa shape index (κ2) is 2.48. The van der Waals surface area contributed by atoms with Crippen LogP contribution < -0.4 is 0 Å². The number of furan rings is 1. The lowest BCUT2D eigenvalue weighted by atomic mass is 10.2. The molecule has 0 saturated carbocycles. The van der Waals surface area contributed by atoms with Crippen molar-refractivity contribution in [3.8, 4) is 5.75 Å². The normalized spacial score (nSPS) is 10.5. The summed E-state index contributed by atoms with van der Waals surface area (Å²) in [5, 5.41) is 19.9. The van der Waals surface area contributed by atoms with Gasteiger partial charge in [-0.15, -0.1) is 0 Å². The Bertz CT molecular complexity index is 474. The average Bonchev–Trinajstić information content (AvgIpc) is 2.46. The fourth-order valence-electron chi connectivity index (χ4n) is 1.11. The zero-order valence-electron chi connectivity index (χ0n) is 6.43. The van der Waals surface area contributed by atoms with Gasteiger partial charge in [0.05, 0.1) is 6.07 Å². The molecule has 0 amide bonds. The molecule has 0 bridgehead atoms.